The summed E-state index contributed by atoms with van der Waals surface area (Å²) in [5.41, 5.74) is 1.03. The molecule has 0 N–H and O–H groups in total. The number of hydrogen-bond acceptors (Lipinski definition) is 3. The van der Waals surface area contributed by atoms with Gasteiger partial charge in [-0.1, -0.05) is 25.0 Å². The van der Waals surface area contributed by atoms with Gasteiger partial charge in [-0.3, -0.25) is 4.79 Å². The third-order valence-corrected chi connectivity index (χ3v) is 8.73. The Bertz CT molecular complexity index is 783. The molecule has 6 heteroatoms. The lowest BCUT2D eigenvalue weighted by Gasteiger charge is -2.44. The second-order valence-electron chi connectivity index (χ2n) is 8.60. The molecule has 0 radical (unpaired) electrons. The largest absolute Gasteiger partial charge is 0.339 e. The smallest absolute Gasteiger partial charge is 0.243 e. The highest BCUT2D eigenvalue weighted by atomic mass is 32.2. The van der Waals surface area contributed by atoms with E-state index in [0.29, 0.717) is 42.8 Å². The van der Waals surface area contributed by atoms with Crippen LogP contribution in [0.3, 0.4) is 0 Å². The minimum atomic E-state index is -3.36. The van der Waals surface area contributed by atoms with E-state index in [4.69, 9.17) is 0 Å². The Balaban J connectivity index is 1.35. The summed E-state index contributed by atoms with van der Waals surface area (Å²) in [5, 5.41) is 0. The fraction of sp³-hybridized carbons (Fsp3) is 0.682. The van der Waals surface area contributed by atoms with Gasteiger partial charge in [0.25, 0.3) is 0 Å². The maximum Gasteiger partial charge on any atom is 0.243 e. The highest BCUT2D eigenvalue weighted by Crippen LogP contribution is 2.35. The summed E-state index contributed by atoms with van der Waals surface area (Å²) in [5.74, 6) is 0.979. The van der Waals surface area contributed by atoms with E-state index >= 15 is 0 Å². The Morgan fingerprint density at radius 2 is 1.57 bits per heavy atom. The number of sulfonamides is 1. The minimum Gasteiger partial charge on any atom is -0.339 e. The van der Waals surface area contributed by atoms with Crippen molar-refractivity contribution in [2.24, 2.45) is 5.92 Å². The fourth-order valence-electron chi connectivity index (χ4n) is 5.23. The van der Waals surface area contributed by atoms with E-state index in [2.05, 4.69) is 4.90 Å². The van der Waals surface area contributed by atoms with Crippen LogP contribution in [0.2, 0.25) is 0 Å². The van der Waals surface area contributed by atoms with Crippen molar-refractivity contribution in [1.29, 1.82) is 0 Å². The number of aryl methyl sites for hydroxylation is 1. The van der Waals surface area contributed by atoms with Crippen LogP contribution in [0.15, 0.2) is 29.2 Å². The Labute approximate surface area is 169 Å². The van der Waals surface area contributed by atoms with Crippen LogP contribution in [0.5, 0.6) is 0 Å². The van der Waals surface area contributed by atoms with Gasteiger partial charge in [-0.15, -0.1) is 0 Å². The van der Waals surface area contributed by atoms with Crippen molar-refractivity contribution >= 4 is 15.9 Å². The van der Waals surface area contributed by atoms with Crippen LogP contribution in [0.25, 0.3) is 0 Å². The summed E-state index contributed by atoms with van der Waals surface area (Å²) in [4.78, 5) is 15.4. The summed E-state index contributed by atoms with van der Waals surface area (Å²) in [6.45, 7) is 2.15. The summed E-state index contributed by atoms with van der Waals surface area (Å²) < 4.78 is 26.8. The SMILES string of the molecule is O=C(CCc1ccc(S(=O)(=O)N2CCCC2)cc1)N1CCC[C@@H]2CCCC[C@H]21. The molecule has 1 aliphatic carbocycles. The molecule has 1 saturated carbocycles. The summed E-state index contributed by atoms with van der Waals surface area (Å²) in [7, 11) is -3.36. The number of fused-ring (bicyclic) bond motifs is 1. The zero-order valence-corrected chi connectivity index (χ0v) is 17.5. The number of nitrogens with zero attached hydrogens (tertiary/aromatic N) is 2. The number of piperidine rings is 1. The van der Waals surface area contributed by atoms with Crippen molar-refractivity contribution in [3.63, 3.8) is 0 Å². The van der Waals surface area contributed by atoms with Crippen molar-refractivity contribution < 1.29 is 13.2 Å². The van der Waals surface area contributed by atoms with Crippen LogP contribution in [-0.2, 0) is 21.2 Å². The number of rotatable bonds is 5. The van der Waals surface area contributed by atoms with E-state index < -0.39 is 10.0 Å². The molecule has 154 valence electrons. The molecule has 0 spiro atoms. The second kappa shape index (κ2) is 8.54. The van der Waals surface area contributed by atoms with Gasteiger partial charge in [0.2, 0.25) is 15.9 Å². The molecule has 3 fully saturated rings. The molecule has 1 aromatic rings. The van der Waals surface area contributed by atoms with Gasteiger partial charge < -0.3 is 4.90 Å². The van der Waals surface area contributed by atoms with E-state index in [0.717, 1.165) is 31.4 Å². The molecule has 4 rings (SSSR count). The van der Waals surface area contributed by atoms with Gasteiger partial charge in [-0.2, -0.15) is 4.31 Å². The van der Waals surface area contributed by atoms with Crippen LogP contribution < -0.4 is 0 Å². The van der Waals surface area contributed by atoms with Gasteiger partial charge in [-0.05, 0) is 68.6 Å². The van der Waals surface area contributed by atoms with Crippen LogP contribution in [0.1, 0.15) is 63.4 Å². The highest BCUT2D eigenvalue weighted by Gasteiger charge is 2.35. The Morgan fingerprint density at radius 1 is 0.893 bits per heavy atom. The van der Waals surface area contributed by atoms with Gasteiger partial charge in [0.05, 0.1) is 4.90 Å². The van der Waals surface area contributed by atoms with Crippen molar-refractivity contribution in [2.75, 3.05) is 19.6 Å². The molecule has 1 aromatic carbocycles. The van der Waals surface area contributed by atoms with Crippen LogP contribution in [0.4, 0.5) is 0 Å². The molecular weight excluding hydrogens is 372 g/mol. The minimum absolute atomic E-state index is 0.269. The van der Waals surface area contributed by atoms with Crippen LogP contribution in [0, 0.1) is 5.92 Å². The molecule has 2 aliphatic heterocycles. The molecule has 2 atom stereocenters. The number of benzene rings is 1. The highest BCUT2D eigenvalue weighted by molar-refractivity contribution is 7.89. The molecular formula is C22H32N2O3S. The first-order chi connectivity index (χ1) is 13.6. The number of carbonyl (C=O) groups is 1. The summed E-state index contributed by atoms with van der Waals surface area (Å²) >= 11 is 0. The molecule has 1 amide bonds. The van der Waals surface area contributed by atoms with Gasteiger partial charge in [0.1, 0.15) is 0 Å². The normalized spacial score (nSPS) is 26.2. The topological polar surface area (TPSA) is 57.7 Å². The van der Waals surface area contributed by atoms with E-state index in [1.807, 2.05) is 12.1 Å². The molecule has 28 heavy (non-hydrogen) atoms. The van der Waals surface area contributed by atoms with Crippen LogP contribution >= 0.6 is 0 Å². The number of hydrogen-bond donors (Lipinski definition) is 0. The predicted octanol–water partition coefficient (Wildman–Crippen LogP) is 3.58. The van der Waals surface area contributed by atoms with Gasteiger partial charge in [0.15, 0.2) is 0 Å². The van der Waals surface area contributed by atoms with Crippen molar-refractivity contribution in [3.05, 3.63) is 29.8 Å². The summed E-state index contributed by atoms with van der Waals surface area (Å²) in [6, 6.07) is 7.60. The zero-order chi connectivity index (χ0) is 19.6. The average molecular weight is 405 g/mol. The maximum absolute atomic E-state index is 12.8. The van der Waals surface area contributed by atoms with Gasteiger partial charge >= 0.3 is 0 Å². The van der Waals surface area contributed by atoms with Crippen molar-refractivity contribution in [1.82, 2.24) is 9.21 Å². The number of amides is 1. The lowest BCUT2D eigenvalue weighted by molar-refractivity contribution is -0.137. The molecule has 3 aliphatic rings. The lowest BCUT2D eigenvalue weighted by Crippen LogP contribution is -2.49. The number of likely N-dealkylation sites (tertiary alicyclic amines) is 1. The monoisotopic (exact) mass is 404 g/mol. The predicted molar refractivity (Wildman–Crippen MR) is 109 cm³/mol. The van der Waals surface area contributed by atoms with Gasteiger partial charge in [-0.25, -0.2) is 8.42 Å². The van der Waals surface area contributed by atoms with Crippen molar-refractivity contribution in [3.8, 4) is 0 Å². The Kier molecular flexibility index (Phi) is 6.07. The first-order valence-electron chi connectivity index (χ1n) is 10.9. The molecule has 2 heterocycles. The zero-order valence-electron chi connectivity index (χ0n) is 16.7. The first kappa shape index (κ1) is 19.9. The average Bonchev–Trinajstić information content (AvgIpc) is 3.28. The molecule has 2 saturated heterocycles. The number of carbonyl (C=O) groups excluding carboxylic acids is 1. The van der Waals surface area contributed by atoms with E-state index in [1.54, 1.807) is 16.4 Å². The van der Waals surface area contributed by atoms with Gasteiger partial charge in [0, 0.05) is 32.1 Å². The lowest BCUT2D eigenvalue weighted by atomic mass is 9.78. The standard InChI is InChI=1S/C22H32N2O3S/c25-22(24-17-5-7-19-6-1-2-8-21(19)24)14-11-18-9-12-20(13-10-18)28(26,27)23-15-3-4-16-23/h9-10,12-13,19,21H,1-8,11,14-17H2/t19-,21+/m0/s1. The van der Waals surface area contributed by atoms with Crippen LogP contribution in [-0.4, -0.2) is 49.2 Å². The first-order valence-corrected chi connectivity index (χ1v) is 12.4. The molecule has 0 aromatic heterocycles. The second-order valence-corrected chi connectivity index (χ2v) is 10.5. The Morgan fingerprint density at radius 3 is 2.32 bits per heavy atom. The molecule has 0 unspecified atom stereocenters. The third kappa shape index (κ3) is 4.13. The van der Waals surface area contributed by atoms with Crippen molar-refractivity contribution in [2.45, 2.75) is 75.1 Å². The Hall–Kier alpha value is -1.40. The van der Waals surface area contributed by atoms with E-state index in [1.165, 1.54) is 32.1 Å². The molecule has 0 bridgehead atoms. The molecule has 5 nitrogen and oxygen atoms in total. The fourth-order valence-corrected chi connectivity index (χ4v) is 6.75. The van der Waals surface area contributed by atoms with E-state index in [-0.39, 0.29) is 5.91 Å². The quantitative estimate of drug-likeness (QED) is 0.754. The third-order valence-electron chi connectivity index (χ3n) is 6.82. The maximum atomic E-state index is 12.8. The summed E-state index contributed by atoms with van der Waals surface area (Å²) in [6.07, 6.45) is 10.5. The van der Waals surface area contributed by atoms with E-state index in [9.17, 15) is 13.2 Å².